The molecular formula is C9H6O3S2. The van der Waals surface area contributed by atoms with Gasteiger partial charge in [0.2, 0.25) is 0 Å². The van der Waals surface area contributed by atoms with Crippen molar-refractivity contribution in [2.45, 2.75) is 4.90 Å². The van der Waals surface area contributed by atoms with Crippen LogP contribution >= 0.6 is 24.0 Å². The molecule has 0 radical (unpaired) electrons. The first kappa shape index (κ1) is 9.36. The van der Waals surface area contributed by atoms with Gasteiger partial charge in [0.25, 0.3) is 0 Å². The molecule has 14 heavy (non-hydrogen) atoms. The van der Waals surface area contributed by atoms with E-state index in [4.69, 9.17) is 5.11 Å². The molecule has 2 N–H and O–H groups in total. The first-order chi connectivity index (χ1) is 6.61. The molecule has 0 aliphatic rings. The highest BCUT2D eigenvalue weighted by Gasteiger charge is 2.14. The molecule has 0 saturated carbocycles. The van der Waals surface area contributed by atoms with Crippen LogP contribution in [0.3, 0.4) is 0 Å². The van der Waals surface area contributed by atoms with Gasteiger partial charge in [0.1, 0.15) is 5.75 Å². The molecule has 1 aromatic carbocycles. The van der Waals surface area contributed by atoms with E-state index >= 15 is 0 Å². The Morgan fingerprint density at radius 1 is 1.50 bits per heavy atom. The van der Waals surface area contributed by atoms with Gasteiger partial charge in [-0.2, -0.15) is 0 Å². The van der Waals surface area contributed by atoms with Crippen LogP contribution in [0.2, 0.25) is 0 Å². The lowest BCUT2D eigenvalue weighted by atomic mass is 10.1. The summed E-state index contributed by atoms with van der Waals surface area (Å²) in [6, 6.07) is 2.97. The summed E-state index contributed by atoms with van der Waals surface area (Å²) >= 11 is 5.43. The SMILES string of the molecule is O=C(O)c1cc(O)c(S)c2ccsc12. The van der Waals surface area contributed by atoms with Crippen molar-refractivity contribution in [2.24, 2.45) is 0 Å². The highest BCUT2D eigenvalue weighted by molar-refractivity contribution is 7.80. The monoisotopic (exact) mass is 226 g/mol. The Labute approximate surface area is 89.0 Å². The third-order valence-electron chi connectivity index (χ3n) is 1.92. The number of carbonyl (C=O) groups is 1. The maximum absolute atomic E-state index is 10.8. The van der Waals surface area contributed by atoms with Gasteiger partial charge in [0.15, 0.2) is 0 Å². The molecule has 0 saturated heterocycles. The second kappa shape index (κ2) is 3.18. The van der Waals surface area contributed by atoms with E-state index < -0.39 is 5.97 Å². The fourth-order valence-corrected chi connectivity index (χ4v) is 2.51. The number of carboxylic acid groups (broad SMARTS) is 1. The topological polar surface area (TPSA) is 57.5 Å². The highest BCUT2D eigenvalue weighted by Crippen LogP contribution is 2.36. The Balaban J connectivity index is 2.91. The van der Waals surface area contributed by atoms with Crippen molar-refractivity contribution >= 4 is 40.0 Å². The second-order valence-electron chi connectivity index (χ2n) is 2.76. The quantitative estimate of drug-likeness (QED) is 0.655. The zero-order valence-corrected chi connectivity index (χ0v) is 8.60. The van der Waals surface area contributed by atoms with Gasteiger partial charge in [-0.3, -0.25) is 0 Å². The van der Waals surface area contributed by atoms with E-state index in [1.807, 2.05) is 0 Å². The molecule has 0 amide bonds. The van der Waals surface area contributed by atoms with Gasteiger partial charge in [-0.1, -0.05) is 0 Å². The van der Waals surface area contributed by atoms with Crippen molar-refractivity contribution in [1.82, 2.24) is 0 Å². The van der Waals surface area contributed by atoms with Crippen molar-refractivity contribution in [3.05, 3.63) is 23.1 Å². The average molecular weight is 226 g/mol. The van der Waals surface area contributed by atoms with E-state index in [2.05, 4.69) is 12.6 Å². The van der Waals surface area contributed by atoms with E-state index in [1.165, 1.54) is 17.4 Å². The summed E-state index contributed by atoms with van der Waals surface area (Å²) in [5.74, 6) is -1.14. The molecule has 3 nitrogen and oxygen atoms in total. The molecule has 72 valence electrons. The minimum Gasteiger partial charge on any atom is -0.507 e. The zero-order valence-electron chi connectivity index (χ0n) is 6.89. The molecule has 0 bridgehead atoms. The van der Waals surface area contributed by atoms with E-state index in [9.17, 15) is 9.90 Å². The fraction of sp³-hybridized carbons (Fsp3) is 0. The van der Waals surface area contributed by atoms with Crippen molar-refractivity contribution in [3.8, 4) is 5.75 Å². The van der Waals surface area contributed by atoms with Crippen LogP contribution in [0.4, 0.5) is 0 Å². The van der Waals surface area contributed by atoms with Gasteiger partial charge in [0, 0.05) is 5.39 Å². The van der Waals surface area contributed by atoms with Crippen LogP contribution in [-0.4, -0.2) is 16.2 Å². The van der Waals surface area contributed by atoms with E-state index in [-0.39, 0.29) is 11.3 Å². The smallest absolute Gasteiger partial charge is 0.337 e. The highest BCUT2D eigenvalue weighted by atomic mass is 32.1. The van der Waals surface area contributed by atoms with Crippen LogP contribution < -0.4 is 0 Å². The number of thiol groups is 1. The summed E-state index contributed by atoms with van der Waals surface area (Å²) in [4.78, 5) is 11.3. The molecular weight excluding hydrogens is 220 g/mol. The van der Waals surface area contributed by atoms with Crippen molar-refractivity contribution in [1.29, 1.82) is 0 Å². The molecule has 0 unspecified atom stereocenters. The fourth-order valence-electron chi connectivity index (χ4n) is 1.27. The van der Waals surface area contributed by atoms with Gasteiger partial charge < -0.3 is 10.2 Å². The maximum atomic E-state index is 10.8. The van der Waals surface area contributed by atoms with E-state index in [0.717, 1.165) is 0 Å². The third-order valence-corrected chi connectivity index (χ3v) is 3.34. The summed E-state index contributed by atoms with van der Waals surface area (Å²) in [7, 11) is 0. The summed E-state index contributed by atoms with van der Waals surface area (Å²) in [5.41, 5.74) is 0.116. The Morgan fingerprint density at radius 3 is 2.86 bits per heavy atom. The minimum atomic E-state index is -1.04. The summed E-state index contributed by atoms with van der Waals surface area (Å²) < 4.78 is 0.639. The molecule has 0 aliphatic carbocycles. The number of fused-ring (bicyclic) bond motifs is 1. The number of phenols is 1. The Bertz CT molecular complexity index is 516. The van der Waals surface area contributed by atoms with Crippen molar-refractivity contribution in [3.63, 3.8) is 0 Å². The lowest BCUT2D eigenvalue weighted by Gasteiger charge is -2.02. The largest absolute Gasteiger partial charge is 0.507 e. The van der Waals surface area contributed by atoms with Crippen molar-refractivity contribution in [2.75, 3.05) is 0 Å². The van der Waals surface area contributed by atoms with Crippen LogP contribution in [0, 0.1) is 0 Å². The number of carboxylic acids is 1. The molecule has 0 fully saturated rings. The van der Waals surface area contributed by atoms with Gasteiger partial charge in [-0.25, -0.2) is 4.79 Å². The molecule has 0 spiro atoms. The zero-order chi connectivity index (χ0) is 10.3. The van der Waals surface area contributed by atoms with Crippen molar-refractivity contribution < 1.29 is 15.0 Å². The number of hydrogen-bond acceptors (Lipinski definition) is 4. The van der Waals surface area contributed by atoms with Gasteiger partial charge in [-0.05, 0) is 17.5 Å². The number of rotatable bonds is 1. The van der Waals surface area contributed by atoms with E-state index in [0.29, 0.717) is 15.0 Å². The summed E-state index contributed by atoms with van der Waals surface area (Å²) in [5, 5.41) is 20.8. The van der Waals surface area contributed by atoms with Gasteiger partial charge >= 0.3 is 5.97 Å². The van der Waals surface area contributed by atoms with Crippen LogP contribution in [0.15, 0.2) is 22.4 Å². The molecule has 1 aromatic heterocycles. The Morgan fingerprint density at radius 2 is 2.21 bits per heavy atom. The number of aromatic carboxylic acids is 1. The Kier molecular flexibility index (Phi) is 2.13. The lowest BCUT2D eigenvalue weighted by molar-refractivity contribution is 0.0698. The predicted molar refractivity (Wildman–Crippen MR) is 57.7 cm³/mol. The normalized spacial score (nSPS) is 10.6. The van der Waals surface area contributed by atoms with Crippen LogP contribution in [0.25, 0.3) is 10.1 Å². The number of benzene rings is 1. The molecule has 2 rings (SSSR count). The minimum absolute atomic E-state index is 0.100. The third kappa shape index (κ3) is 1.25. The first-order valence-electron chi connectivity index (χ1n) is 3.76. The maximum Gasteiger partial charge on any atom is 0.337 e. The number of aromatic hydroxyl groups is 1. The number of phenolic OH excluding ortho intramolecular Hbond substituents is 1. The van der Waals surface area contributed by atoms with Crippen LogP contribution in [0.1, 0.15) is 10.4 Å². The molecule has 0 aliphatic heterocycles. The Hall–Kier alpha value is -1.20. The average Bonchev–Trinajstić information content (AvgIpc) is 2.59. The summed E-state index contributed by atoms with van der Waals surface area (Å²) in [6.07, 6.45) is 0. The van der Waals surface area contributed by atoms with Gasteiger partial charge in [0.05, 0.1) is 15.2 Å². The second-order valence-corrected chi connectivity index (χ2v) is 4.12. The number of thiophene rings is 1. The molecule has 5 heteroatoms. The molecule has 0 atom stereocenters. The van der Waals surface area contributed by atoms with Crippen LogP contribution in [-0.2, 0) is 0 Å². The van der Waals surface area contributed by atoms with E-state index in [1.54, 1.807) is 11.4 Å². The standard InChI is InChI=1S/C9H6O3S2/c10-6-3-5(9(11)12)8-4(7(6)13)1-2-14-8/h1-3,10,13H,(H,11,12). The predicted octanol–water partition coefficient (Wildman–Crippen LogP) is 2.59. The first-order valence-corrected chi connectivity index (χ1v) is 5.09. The lowest BCUT2D eigenvalue weighted by Crippen LogP contribution is -1.96. The van der Waals surface area contributed by atoms with Gasteiger partial charge in [-0.15, -0.1) is 24.0 Å². The molecule has 1 heterocycles. The summed E-state index contributed by atoms with van der Waals surface area (Å²) in [6.45, 7) is 0. The van der Waals surface area contributed by atoms with Crippen LogP contribution in [0.5, 0.6) is 5.75 Å². The molecule has 2 aromatic rings. The number of hydrogen-bond donors (Lipinski definition) is 3.